The standard InChI is InChI=1S/C16H24O2/c1-16(2,18-3)11-10-15(17)14-9-8-12-6-4-5-7-13(12)14/h4-7,14-15,17H,8-11H2,1-3H3. The maximum absolute atomic E-state index is 10.4. The fourth-order valence-corrected chi connectivity index (χ4v) is 2.79. The first-order valence-corrected chi connectivity index (χ1v) is 6.84. The van der Waals surface area contributed by atoms with Crippen molar-refractivity contribution in [1.29, 1.82) is 0 Å². The molecule has 1 N–H and O–H groups in total. The maximum Gasteiger partial charge on any atom is 0.0623 e. The fourth-order valence-electron chi connectivity index (χ4n) is 2.79. The number of aliphatic hydroxyl groups excluding tert-OH is 1. The summed E-state index contributed by atoms with van der Waals surface area (Å²) < 4.78 is 5.41. The SMILES string of the molecule is COC(C)(C)CCC(O)C1CCc2ccccc21. The van der Waals surface area contributed by atoms with Crippen molar-refractivity contribution in [1.82, 2.24) is 0 Å². The Bertz CT molecular complexity index is 398. The molecular formula is C16H24O2. The number of rotatable bonds is 5. The van der Waals surface area contributed by atoms with E-state index < -0.39 is 0 Å². The first kappa shape index (κ1) is 13.6. The quantitative estimate of drug-likeness (QED) is 0.866. The third kappa shape index (κ3) is 2.93. The first-order valence-electron chi connectivity index (χ1n) is 6.84. The highest BCUT2D eigenvalue weighted by Gasteiger charge is 2.29. The molecule has 0 radical (unpaired) electrons. The minimum Gasteiger partial charge on any atom is -0.392 e. The summed E-state index contributed by atoms with van der Waals surface area (Å²) in [6, 6.07) is 8.50. The Labute approximate surface area is 110 Å². The number of hydrogen-bond donors (Lipinski definition) is 1. The minimum atomic E-state index is -0.247. The molecule has 18 heavy (non-hydrogen) atoms. The van der Waals surface area contributed by atoms with Crippen molar-refractivity contribution in [2.75, 3.05) is 7.11 Å². The summed E-state index contributed by atoms with van der Waals surface area (Å²) in [6.45, 7) is 4.14. The molecule has 0 heterocycles. The van der Waals surface area contributed by atoms with Gasteiger partial charge in [0.25, 0.3) is 0 Å². The summed E-state index contributed by atoms with van der Waals surface area (Å²) >= 11 is 0. The Morgan fingerprint density at radius 3 is 2.83 bits per heavy atom. The molecule has 1 aromatic rings. The van der Waals surface area contributed by atoms with Crippen molar-refractivity contribution in [3.8, 4) is 0 Å². The van der Waals surface area contributed by atoms with Gasteiger partial charge in [-0.2, -0.15) is 0 Å². The molecule has 100 valence electrons. The zero-order chi connectivity index (χ0) is 13.2. The molecule has 0 aromatic heterocycles. The van der Waals surface area contributed by atoms with E-state index in [0.717, 1.165) is 25.7 Å². The van der Waals surface area contributed by atoms with Crippen LogP contribution in [0, 0.1) is 0 Å². The Morgan fingerprint density at radius 1 is 1.39 bits per heavy atom. The number of hydrogen-bond acceptors (Lipinski definition) is 2. The summed E-state index contributed by atoms with van der Waals surface area (Å²) in [7, 11) is 1.73. The lowest BCUT2D eigenvalue weighted by Gasteiger charge is -2.26. The normalized spacial score (nSPS) is 20.8. The number of aryl methyl sites for hydroxylation is 1. The van der Waals surface area contributed by atoms with Crippen LogP contribution < -0.4 is 0 Å². The summed E-state index contributed by atoms with van der Waals surface area (Å²) in [5.41, 5.74) is 2.62. The van der Waals surface area contributed by atoms with Gasteiger partial charge < -0.3 is 9.84 Å². The van der Waals surface area contributed by atoms with E-state index in [9.17, 15) is 5.11 Å². The predicted octanol–water partition coefficient (Wildman–Crippen LogP) is 3.28. The third-order valence-electron chi connectivity index (χ3n) is 4.24. The smallest absolute Gasteiger partial charge is 0.0623 e. The van der Waals surface area contributed by atoms with Gasteiger partial charge in [-0.05, 0) is 50.7 Å². The Kier molecular flexibility index (Phi) is 4.08. The molecule has 0 bridgehead atoms. The summed E-state index contributed by atoms with van der Waals surface area (Å²) in [5.74, 6) is 0.314. The first-order chi connectivity index (χ1) is 8.53. The second-order valence-electron chi connectivity index (χ2n) is 5.91. The van der Waals surface area contributed by atoms with Crippen LogP contribution in [0.2, 0.25) is 0 Å². The largest absolute Gasteiger partial charge is 0.392 e. The van der Waals surface area contributed by atoms with Gasteiger partial charge in [-0.1, -0.05) is 24.3 Å². The van der Waals surface area contributed by atoms with E-state index in [0.29, 0.717) is 5.92 Å². The molecule has 1 aliphatic rings. The zero-order valence-electron chi connectivity index (χ0n) is 11.6. The lowest BCUT2D eigenvalue weighted by atomic mass is 9.89. The van der Waals surface area contributed by atoms with Gasteiger partial charge in [-0.15, -0.1) is 0 Å². The van der Waals surface area contributed by atoms with Gasteiger partial charge in [0.1, 0.15) is 0 Å². The van der Waals surface area contributed by atoms with Crippen LogP contribution in [-0.4, -0.2) is 23.9 Å². The van der Waals surface area contributed by atoms with Crippen molar-refractivity contribution >= 4 is 0 Å². The molecule has 0 amide bonds. The Hall–Kier alpha value is -0.860. The second kappa shape index (κ2) is 5.41. The van der Waals surface area contributed by atoms with Crippen LogP contribution in [-0.2, 0) is 11.2 Å². The lowest BCUT2D eigenvalue weighted by molar-refractivity contribution is 0.000268. The summed E-state index contributed by atoms with van der Waals surface area (Å²) in [6.07, 6.45) is 3.63. The van der Waals surface area contributed by atoms with Gasteiger partial charge in [-0.25, -0.2) is 0 Å². The highest BCUT2D eigenvalue weighted by atomic mass is 16.5. The average Bonchev–Trinajstić information content (AvgIpc) is 2.80. The lowest BCUT2D eigenvalue weighted by Crippen LogP contribution is -2.26. The van der Waals surface area contributed by atoms with Gasteiger partial charge in [0, 0.05) is 13.0 Å². The number of fused-ring (bicyclic) bond motifs is 1. The van der Waals surface area contributed by atoms with E-state index in [1.165, 1.54) is 11.1 Å². The molecule has 2 rings (SSSR count). The van der Waals surface area contributed by atoms with E-state index >= 15 is 0 Å². The van der Waals surface area contributed by atoms with Crippen LogP contribution in [0.4, 0.5) is 0 Å². The van der Waals surface area contributed by atoms with Gasteiger partial charge in [-0.3, -0.25) is 0 Å². The van der Waals surface area contributed by atoms with Crippen LogP contribution >= 0.6 is 0 Å². The van der Waals surface area contributed by atoms with E-state index in [2.05, 4.69) is 38.1 Å². The molecule has 2 heteroatoms. The Balaban J connectivity index is 1.97. The zero-order valence-corrected chi connectivity index (χ0v) is 11.6. The molecule has 0 fully saturated rings. The molecule has 2 nitrogen and oxygen atoms in total. The minimum absolute atomic E-state index is 0.140. The van der Waals surface area contributed by atoms with Gasteiger partial charge >= 0.3 is 0 Å². The molecule has 0 saturated carbocycles. The maximum atomic E-state index is 10.4. The molecule has 0 saturated heterocycles. The summed E-state index contributed by atoms with van der Waals surface area (Å²) in [5, 5.41) is 10.4. The van der Waals surface area contributed by atoms with E-state index in [1.54, 1.807) is 7.11 Å². The topological polar surface area (TPSA) is 29.5 Å². The van der Waals surface area contributed by atoms with Crippen molar-refractivity contribution in [2.24, 2.45) is 0 Å². The van der Waals surface area contributed by atoms with Crippen LogP contribution in [0.1, 0.15) is 50.2 Å². The molecule has 1 aliphatic carbocycles. The van der Waals surface area contributed by atoms with E-state index in [1.807, 2.05) is 0 Å². The highest BCUT2D eigenvalue weighted by molar-refractivity contribution is 5.35. The summed E-state index contributed by atoms with van der Waals surface area (Å²) in [4.78, 5) is 0. The number of methoxy groups -OCH3 is 1. The molecular weight excluding hydrogens is 224 g/mol. The van der Waals surface area contributed by atoms with Crippen LogP contribution in [0.5, 0.6) is 0 Å². The van der Waals surface area contributed by atoms with Crippen LogP contribution in [0.3, 0.4) is 0 Å². The van der Waals surface area contributed by atoms with Crippen molar-refractivity contribution in [3.63, 3.8) is 0 Å². The van der Waals surface area contributed by atoms with Crippen molar-refractivity contribution in [2.45, 2.75) is 57.2 Å². The molecule has 0 spiro atoms. The number of ether oxygens (including phenoxy) is 1. The van der Waals surface area contributed by atoms with Crippen LogP contribution in [0.15, 0.2) is 24.3 Å². The third-order valence-corrected chi connectivity index (χ3v) is 4.24. The van der Waals surface area contributed by atoms with Gasteiger partial charge in [0.15, 0.2) is 0 Å². The van der Waals surface area contributed by atoms with E-state index in [4.69, 9.17) is 4.74 Å². The van der Waals surface area contributed by atoms with E-state index in [-0.39, 0.29) is 11.7 Å². The van der Waals surface area contributed by atoms with Crippen LogP contribution in [0.25, 0.3) is 0 Å². The molecule has 2 atom stereocenters. The molecule has 1 aromatic carbocycles. The van der Waals surface area contributed by atoms with Gasteiger partial charge in [0.2, 0.25) is 0 Å². The van der Waals surface area contributed by atoms with Gasteiger partial charge in [0.05, 0.1) is 11.7 Å². The van der Waals surface area contributed by atoms with Crippen molar-refractivity contribution in [3.05, 3.63) is 35.4 Å². The monoisotopic (exact) mass is 248 g/mol. The fraction of sp³-hybridized carbons (Fsp3) is 0.625. The Morgan fingerprint density at radius 2 is 2.11 bits per heavy atom. The number of aliphatic hydroxyl groups is 1. The molecule has 2 unspecified atom stereocenters. The average molecular weight is 248 g/mol. The highest BCUT2D eigenvalue weighted by Crippen LogP contribution is 2.37. The second-order valence-corrected chi connectivity index (χ2v) is 5.91. The number of benzene rings is 1. The molecule has 0 aliphatic heterocycles. The van der Waals surface area contributed by atoms with Crippen molar-refractivity contribution < 1.29 is 9.84 Å². The predicted molar refractivity (Wildman–Crippen MR) is 73.8 cm³/mol.